The van der Waals surface area contributed by atoms with Gasteiger partial charge >= 0.3 is 6.18 Å². The molecule has 1 amide bonds. The molecule has 0 fully saturated rings. The van der Waals surface area contributed by atoms with Crippen molar-refractivity contribution < 1.29 is 26.7 Å². The molecular formula is C9H6ClF5N2O. The van der Waals surface area contributed by atoms with Crippen molar-refractivity contribution >= 4 is 17.5 Å². The van der Waals surface area contributed by atoms with E-state index in [-0.39, 0.29) is 6.07 Å². The SMILES string of the molecule is NC(=O)c1c(C(F)F)cc(C(F)(F)F)nc1CCl. The third-order valence-electron chi connectivity index (χ3n) is 2.02. The highest BCUT2D eigenvalue weighted by Crippen LogP contribution is 2.33. The average molecular weight is 289 g/mol. The van der Waals surface area contributed by atoms with Gasteiger partial charge in [-0.05, 0) is 6.07 Å². The first-order valence-corrected chi connectivity index (χ1v) is 4.96. The van der Waals surface area contributed by atoms with Crippen molar-refractivity contribution in [1.29, 1.82) is 0 Å². The molecular weight excluding hydrogens is 283 g/mol. The van der Waals surface area contributed by atoms with Crippen LogP contribution in [0.5, 0.6) is 0 Å². The molecule has 0 saturated heterocycles. The fraction of sp³-hybridized carbons (Fsp3) is 0.333. The maximum absolute atomic E-state index is 12.6. The predicted octanol–water partition coefficient (Wildman–Crippen LogP) is 2.88. The highest BCUT2D eigenvalue weighted by molar-refractivity contribution is 6.17. The Bertz CT molecular complexity index is 475. The molecule has 100 valence electrons. The van der Waals surface area contributed by atoms with Gasteiger partial charge in [-0.2, -0.15) is 13.2 Å². The minimum atomic E-state index is -4.92. The summed E-state index contributed by atoms with van der Waals surface area (Å²) in [6, 6.07) is 0.0980. The summed E-state index contributed by atoms with van der Waals surface area (Å²) in [7, 11) is 0. The zero-order valence-electron chi connectivity index (χ0n) is 8.56. The van der Waals surface area contributed by atoms with Crippen molar-refractivity contribution in [3.05, 3.63) is 28.6 Å². The molecule has 0 spiro atoms. The van der Waals surface area contributed by atoms with Crippen molar-refractivity contribution in [2.24, 2.45) is 5.73 Å². The van der Waals surface area contributed by atoms with Crippen molar-refractivity contribution in [2.75, 3.05) is 0 Å². The molecule has 1 aromatic heterocycles. The number of hydrogen-bond acceptors (Lipinski definition) is 2. The lowest BCUT2D eigenvalue weighted by molar-refractivity contribution is -0.141. The minimum Gasteiger partial charge on any atom is -0.366 e. The lowest BCUT2D eigenvalue weighted by Crippen LogP contribution is -2.20. The number of rotatable bonds is 3. The third-order valence-corrected chi connectivity index (χ3v) is 2.28. The second-order valence-corrected chi connectivity index (χ2v) is 3.48. The summed E-state index contributed by atoms with van der Waals surface area (Å²) in [6.07, 6.45) is -8.21. The Morgan fingerprint density at radius 3 is 2.33 bits per heavy atom. The van der Waals surface area contributed by atoms with Gasteiger partial charge < -0.3 is 5.73 Å². The van der Waals surface area contributed by atoms with E-state index in [2.05, 4.69) is 4.98 Å². The maximum atomic E-state index is 12.6. The molecule has 0 bridgehead atoms. The number of nitrogens with two attached hydrogens (primary N) is 1. The molecule has 0 aromatic carbocycles. The second kappa shape index (κ2) is 5.05. The molecule has 2 N–H and O–H groups in total. The van der Waals surface area contributed by atoms with Crippen LogP contribution in [-0.2, 0) is 12.1 Å². The van der Waals surface area contributed by atoms with Crippen molar-refractivity contribution in [3.63, 3.8) is 0 Å². The van der Waals surface area contributed by atoms with Gasteiger partial charge in [0.15, 0.2) is 0 Å². The second-order valence-electron chi connectivity index (χ2n) is 3.21. The van der Waals surface area contributed by atoms with Gasteiger partial charge in [0.05, 0.1) is 17.1 Å². The van der Waals surface area contributed by atoms with Gasteiger partial charge in [-0.15, -0.1) is 11.6 Å². The number of carbonyl (C=O) groups excluding carboxylic acids is 1. The highest BCUT2D eigenvalue weighted by Gasteiger charge is 2.35. The van der Waals surface area contributed by atoms with Crippen LogP contribution in [0.4, 0.5) is 22.0 Å². The minimum absolute atomic E-state index is 0.0980. The summed E-state index contributed by atoms with van der Waals surface area (Å²) >= 11 is 5.29. The van der Waals surface area contributed by atoms with E-state index in [0.29, 0.717) is 0 Å². The molecule has 0 unspecified atom stereocenters. The summed E-state index contributed by atoms with van der Waals surface area (Å²) in [5, 5.41) is 0. The summed E-state index contributed by atoms with van der Waals surface area (Å²) < 4.78 is 62.5. The Balaban J connectivity index is 3.59. The zero-order chi connectivity index (χ0) is 14.1. The van der Waals surface area contributed by atoms with E-state index in [0.717, 1.165) is 0 Å². The van der Waals surface area contributed by atoms with E-state index in [1.165, 1.54) is 0 Å². The van der Waals surface area contributed by atoms with Crippen molar-refractivity contribution in [1.82, 2.24) is 4.98 Å². The van der Waals surface area contributed by atoms with E-state index < -0.39 is 46.9 Å². The topological polar surface area (TPSA) is 56.0 Å². The fourth-order valence-electron chi connectivity index (χ4n) is 1.32. The summed E-state index contributed by atoms with van der Waals surface area (Å²) in [5.74, 6) is -1.94. The Kier molecular flexibility index (Phi) is 4.10. The summed E-state index contributed by atoms with van der Waals surface area (Å²) in [5.41, 5.74) is 0.781. The first-order valence-electron chi connectivity index (χ1n) is 4.43. The van der Waals surface area contributed by atoms with E-state index in [1.54, 1.807) is 0 Å². The molecule has 1 heterocycles. The van der Waals surface area contributed by atoms with Crippen LogP contribution in [0.1, 0.15) is 33.7 Å². The molecule has 0 atom stereocenters. The van der Waals surface area contributed by atoms with Crippen LogP contribution in [0, 0.1) is 0 Å². The summed E-state index contributed by atoms with van der Waals surface area (Å²) in [4.78, 5) is 14.0. The fourth-order valence-corrected chi connectivity index (χ4v) is 1.51. The number of aromatic nitrogens is 1. The van der Waals surface area contributed by atoms with Gasteiger partial charge in [0.2, 0.25) is 0 Å². The number of hydrogen-bond donors (Lipinski definition) is 1. The monoisotopic (exact) mass is 288 g/mol. The van der Waals surface area contributed by atoms with Gasteiger partial charge in [0.1, 0.15) is 5.69 Å². The van der Waals surface area contributed by atoms with E-state index >= 15 is 0 Å². The summed E-state index contributed by atoms with van der Waals surface area (Å²) in [6.45, 7) is 0. The molecule has 1 aromatic rings. The number of alkyl halides is 6. The maximum Gasteiger partial charge on any atom is 0.433 e. The number of carbonyl (C=O) groups is 1. The van der Waals surface area contributed by atoms with Crippen LogP contribution in [0.2, 0.25) is 0 Å². The van der Waals surface area contributed by atoms with Crippen LogP contribution >= 0.6 is 11.6 Å². The Labute approximate surface area is 103 Å². The number of primary amides is 1. The predicted molar refractivity (Wildman–Crippen MR) is 52.3 cm³/mol. The number of halogens is 6. The van der Waals surface area contributed by atoms with E-state index in [9.17, 15) is 26.7 Å². The van der Waals surface area contributed by atoms with Crippen LogP contribution in [0.25, 0.3) is 0 Å². The van der Waals surface area contributed by atoms with Gasteiger partial charge in [0, 0.05) is 5.56 Å². The highest BCUT2D eigenvalue weighted by atomic mass is 35.5. The first kappa shape index (κ1) is 14.6. The van der Waals surface area contributed by atoms with Crippen molar-refractivity contribution in [2.45, 2.75) is 18.5 Å². The van der Waals surface area contributed by atoms with Gasteiger partial charge in [-0.25, -0.2) is 13.8 Å². The number of amides is 1. The molecule has 0 aliphatic carbocycles. The van der Waals surface area contributed by atoms with Crippen molar-refractivity contribution in [3.8, 4) is 0 Å². The Morgan fingerprint density at radius 1 is 1.44 bits per heavy atom. The van der Waals surface area contributed by atoms with Gasteiger partial charge in [-0.1, -0.05) is 0 Å². The molecule has 3 nitrogen and oxygen atoms in total. The molecule has 0 aliphatic rings. The molecule has 1 rings (SSSR count). The zero-order valence-corrected chi connectivity index (χ0v) is 9.32. The molecule has 0 radical (unpaired) electrons. The molecule has 18 heavy (non-hydrogen) atoms. The largest absolute Gasteiger partial charge is 0.433 e. The lowest BCUT2D eigenvalue weighted by atomic mass is 10.0. The molecule has 9 heteroatoms. The van der Waals surface area contributed by atoms with Gasteiger partial charge in [0.25, 0.3) is 12.3 Å². The van der Waals surface area contributed by atoms with Crippen LogP contribution in [0.3, 0.4) is 0 Å². The lowest BCUT2D eigenvalue weighted by Gasteiger charge is -2.13. The van der Waals surface area contributed by atoms with Crippen LogP contribution in [-0.4, -0.2) is 10.9 Å². The average Bonchev–Trinajstić information content (AvgIpc) is 2.25. The standard InChI is InChI=1S/C9H6ClF5N2O/c10-2-4-6(8(16)18)3(7(11)12)1-5(17-4)9(13,14)15/h1,7H,2H2,(H2,16,18). The van der Waals surface area contributed by atoms with E-state index in [4.69, 9.17) is 17.3 Å². The smallest absolute Gasteiger partial charge is 0.366 e. The quantitative estimate of drug-likeness (QED) is 0.687. The Hall–Kier alpha value is -1.44. The van der Waals surface area contributed by atoms with E-state index in [1.807, 2.05) is 0 Å². The number of nitrogens with zero attached hydrogens (tertiary/aromatic N) is 1. The normalized spacial score (nSPS) is 11.9. The third kappa shape index (κ3) is 2.87. The molecule has 0 aliphatic heterocycles. The Morgan fingerprint density at radius 2 is 2.00 bits per heavy atom. The van der Waals surface area contributed by atoms with Crippen LogP contribution < -0.4 is 5.73 Å². The van der Waals surface area contributed by atoms with Crippen LogP contribution in [0.15, 0.2) is 6.07 Å². The number of pyridine rings is 1. The van der Waals surface area contributed by atoms with Gasteiger partial charge in [-0.3, -0.25) is 4.79 Å². The first-order chi connectivity index (χ1) is 8.18. The molecule has 0 saturated carbocycles.